The number of fused-ring (bicyclic) bond motifs is 6. The first-order chi connectivity index (χ1) is 25.7. The minimum atomic E-state index is 0.660. The maximum absolute atomic E-state index is 9.49. The van der Waals surface area contributed by atoms with Gasteiger partial charge in [0.15, 0.2) is 0 Å². The molecule has 2 aromatic heterocycles. The van der Waals surface area contributed by atoms with Crippen LogP contribution >= 0.6 is 0 Å². The summed E-state index contributed by atoms with van der Waals surface area (Å²) in [6, 6.07) is 69.2. The lowest BCUT2D eigenvalue weighted by Gasteiger charge is -2.11. The number of aromatic nitrogens is 2. The lowest BCUT2D eigenvalue weighted by molar-refractivity contribution is 1.18. The minimum Gasteiger partial charge on any atom is -0.309 e. The van der Waals surface area contributed by atoms with Crippen molar-refractivity contribution in [3.8, 4) is 50.8 Å². The zero-order chi connectivity index (χ0) is 34.6. The van der Waals surface area contributed by atoms with E-state index in [9.17, 15) is 5.26 Å². The summed E-state index contributed by atoms with van der Waals surface area (Å²) in [5.74, 6) is 0. The summed E-state index contributed by atoms with van der Waals surface area (Å²) in [5, 5.41) is 14.4. The van der Waals surface area contributed by atoms with Gasteiger partial charge in [-0.3, -0.25) is 0 Å². The third kappa shape index (κ3) is 4.81. The molecule has 10 aromatic rings. The zero-order valence-electron chi connectivity index (χ0n) is 28.2. The van der Waals surface area contributed by atoms with E-state index in [1.165, 1.54) is 54.8 Å². The Hall–Kier alpha value is -7.15. The van der Waals surface area contributed by atoms with Gasteiger partial charge in [0.05, 0.1) is 33.7 Å². The van der Waals surface area contributed by atoms with Crippen LogP contribution in [0.15, 0.2) is 188 Å². The van der Waals surface area contributed by atoms with Crippen molar-refractivity contribution < 1.29 is 0 Å². The lowest BCUT2D eigenvalue weighted by atomic mass is 10.0. The van der Waals surface area contributed by atoms with Gasteiger partial charge in [0, 0.05) is 32.9 Å². The van der Waals surface area contributed by atoms with Crippen LogP contribution in [-0.2, 0) is 0 Å². The molecule has 0 radical (unpaired) electrons. The van der Waals surface area contributed by atoms with Crippen molar-refractivity contribution in [2.45, 2.75) is 0 Å². The van der Waals surface area contributed by atoms with E-state index in [1.807, 2.05) is 18.2 Å². The van der Waals surface area contributed by atoms with Gasteiger partial charge in [0.1, 0.15) is 0 Å². The van der Waals surface area contributed by atoms with Crippen molar-refractivity contribution in [3.63, 3.8) is 0 Å². The van der Waals surface area contributed by atoms with Gasteiger partial charge < -0.3 is 9.13 Å². The molecule has 0 N–H and O–H groups in total. The van der Waals surface area contributed by atoms with Crippen LogP contribution < -0.4 is 0 Å². The van der Waals surface area contributed by atoms with Crippen LogP contribution in [0.2, 0.25) is 0 Å². The van der Waals surface area contributed by atoms with Crippen molar-refractivity contribution in [1.82, 2.24) is 9.13 Å². The monoisotopic (exact) mass is 661 g/mol. The van der Waals surface area contributed by atoms with Crippen molar-refractivity contribution in [2.75, 3.05) is 0 Å². The molecule has 52 heavy (non-hydrogen) atoms. The predicted molar refractivity (Wildman–Crippen MR) is 216 cm³/mol. The third-order valence-electron chi connectivity index (χ3n) is 10.3. The highest BCUT2D eigenvalue weighted by Crippen LogP contribution is 2.39. The molecule has 3 heteroatoms. The molecular formula is C49H31N3. The molecule has 3 nitrogen and oxygen atoms in total. The van der Waals surface area contributed by atoms with E-state index in [0.717, 1.165) is 33.5 Å². The Balaban J connectivity index is 1.09. The fraction of sp³-hybridized carbons (Fsp3) is 0. The van der Waals surface area contributed by atoms with Crippen LogP contribution in [0.25, 0.3) is 88.4 Å². The van der Waals surface area contributed by atoms with E-state index >= 15 is 0 Å². The number of hydrogen-bond donors (Lipinski definition) is 0. The van der Waals surface area contributed by atoms with Gasteiger partial charge >= 0.3 is 0 Å². The number of benzene rings is 8. The highest BCUT2D eigenvalue weighted by Gasteiger charge is 2.16. The molecular weight excluding hydrogens is 631 g/mol. The average Bonchev–Trinajstić information content (AvgIpc) is 3.73. The maximum atomic E-state index is 9.49. The normalized spacial score (nSPS) is 11.4. The fourth-order valence-corrected chi connectivity index (χ4v) is 7.89. The second-order valence-corrected chi connectivity index (χ2v) is 13.3. The summed E-state index contributed by atoms with van der Waals surface area (Å²) in [6.45, 7) is 0. The van der Waals surface area contributed by atoms with Gasteiger partial charge in [0.25, 0.3) is 0 Å². The Morgan fingerprint density at radius 3 is 1.40 bits per heavy atom. The van der Waals surface area contributed by atoms with E-state index in [1.54, 1.807) is 0 Å². The summed E-state index contributed by atoms with van der Waals surface area (Å²) in [5.41, 5.74) is 14.5. The first-order valence-corrected chi connectivity index (χ1v) is 17.6. The Morgan fingerprint density at radius 2 is 0.769 bits per heavy atom. The maximum Gasteiger partial charge on any atom is 0.0991 e. The van der Waals surface area contributed by atoms with Gasteiger partial charge in [-0.1, -0.05) is 115 Å². The fourth-order valence-electron chi connectivity index (χ4n) is 7.89. The molecule has 10 rings (SSSR count). The van der Waals surface area contributed by atoms with Crippen molar-refractivity contribution in [1.29, 1.82) is 5.26 Å². The molecule has 0 aliphatic carbocycles. The van der Waals surface area contributed by atoms with E-state index in [4.69, 9.17) is 0 Å². The topological polar surface area (TPSA) is 33.6 Å². The van der Waals surface area contributed by atoms with Crippen molar-refractivity contribution >= 4 is 43.6 Å². The third-order valence-corrected chi connectivity index (χ3v) is 10.3. The van der Waals surface area contributed by atoms with E-state index in [0.29, 0.717) is 5.56 Å². The highest BCUT2D eigenvalue weighted by molar-refractivity contribution is 6.12. The van der Waals surface area contributed by atoms with E-state index in [2.05, 4.69) is 185 Å². The number of hydrogen-bond acceptors (Lipinski definition) is 1. The Labute approximate surface area is 301 Å². The molecule has 242 valence electrons. The summed E-state index contributed by atoms with van der Waals surface area (Å²) >= 11 is 0. The smallest absolute Gasteiger partial charge is 0.0991 e. The molecule has 0 unspecified atom stereocenters. The van der Waals surface area contributed by atoms with Crippen LogP contribution in [0, 0.1) is 11.3 Å². The van der Waals surface area contributed by atoms with Crippen LogP contribution in [0.1, 0.15) is 5.56 Å². The molecule has 0 saturated carbocycles. The Kier molecular flexibility index (Phi) is 6.87. The van der Waals surface area contributed by atoms with Crippen LogP contribution in [-0.4, -0.2) is 9.13 Å². The van der Waals surface area contributed by atoms with Crippen molar-refractivity contribution in [2.24, 2.45) is 0 Å². The summed E-state index contributed by atoms with van der Waals surface area (Å²) in [7, 11) is 0. The predicted octanol–water partition coefficient (Wildman–Crippen LogP) is 12.8. The lowest BCUT2D eigenvalue weighted by Crippen LogP contribution is -1.94. The SMILES string of the molecule is N#Cc1cccc(-c2cccc(-n3c4ccccc4c4cc(-c5ccc6c(c5)c5ccccc5n6-c5ccc(-c6ccccc6)cc5)ccc43)c2)c1. The second-order valence-electron chi connectivity index (χ2n) is 13.3. The molecule has 0 spiro atoms. The Morgan fingerprint density at radius 1 is 0.308 bits per heavy atom. The highest BCUT2D eigenvalue weighted by atomic mass is 15.0. The van der Waals surface area contributed by atoms with Gasteiger partial charge in [-0.15, -0.1) is 0 Å². The van der Waals surface area contributed by atoms with Gasteiger partial charge in [-0.05, 0) is 106 Å². The number of nitrogens with zero attached hydrogens (tertiary/aromatic N) is 3. The van der Waals surface area contributed by atoms with Gasteiger partial charge in [0.2, 0.25) is 0 Å². The summed E-state index contributed by atoms with van der Waals surface area (Å²) in [6.07, 6.45) is 0. The van der Waals surface area contributed by atoms with Crippen LogP contribution in [0.3, 0.4) is 0 Å². The van der Waals surface area contributed by atoms with Gasteiger partial charge in [-0.2, -0.15) is 5.26 Å². The molecule has 0 fully saturated rings. The largest absolute Gasteiger partial charge is 0.309 e. The van der Waals surface area contributed by atoms with Gasteiger partial charge in [-0.25, -0.2) is 0 Å². The number of rotatable bonds is 5. The molecule has 0 bridgehead atoms. The molecule has 8 aromatic carbocycles. The summed E-state index contributed by atoms with van der Waals surface area (Å²) < 4.78 is 4.73. The van der Waals surface area contributed by atoms with E-state index in [-0.39, 0.29) is 0 Å². The molecule has 0 amide bonds. The Bertz CT molecular complexity index is 3010. The van der Waals surface area contributed by atoms with Crippen LogP contribution in [0.4, 0.5) is 0 Å². The average molecular weight is 662 g/mol. The quantitative estimate of drug-likeness (QED) is 0.181. The number of nitriles is 1. The van der Waals surface area contributed by atoms with E-state index < -0.39 is 0 Å². The summed E-state index contributed by atoms with van der Waals surface area (Å²) in [4.78, 5) is 0. The van der Waals surface area contributed by atoms with Crippen LogP contribution in [0.5, 0.6) is 0 Å². The molecule has 0 atom stereocenters. The first-order valence-electron chi connectivity index (χ1n) is 17.6. The molecule has 2 heterocycles. The minimum absolute atomic E-state index is 0.660. The van der Waals surface area contributed by atoms with Crippen molar-refractivity contribution in [3.05, 3.63) is 194 Å². The molecule has 0 aliphatic rings. The first kappa shape index (κ1) is 29.7. The standard InChI is InChI=1S/C49H31N3/c50-32-33-10-8-13-36(28-33)37-14-9-15-41(29-37)52-47-19-7-5-17-43(47)45-31-39(23-27-49(45)52)38-22-26-48-44(30-38)42-16-4-6-18-46(42)51(48)40-24-20-35(21-25-40)34-11-2-1-3-12-34/h1-31H. The second kappa shape index (κ2) is 12.0. The molecule has 0 aliphatic heterocycles. The number of para-hydroxylation sites is 2. The molecule has 0 saturated heterocycles. The zero-order valence-corrected chi connectivity index (χ0v) is 28.2.